The number of methoxy groups -OCH3 is 1. The van der Waals surface area contributed by atoms with Crippen LogP contribution < -0.4 is 10.5 Å². The molecule has 1 aliphatic heterocycles. The maximum absolute atomic E-state index is 12.3. The van der Waals surface area contributed by atoms with Crippen molar-refractivity contribution in [2.24, 2.45) is 0 Å². The molecule has 2 aromatic rings. The van der Waals surface area contributed by atoms with Gasteiger partial charge in [0.1, 0.15) is 11.6 Å². The van der Waals surface area contributed by atoms with Crippen molar-refractivity contribution in [2.75, 3.05) is 18.6 Å². The fraction of sp³-hybridized carbons (Fsp3) is 0.647. The van der Waals surface area contributed by atoms with Crippen LogP contribution in [0.2, 0.25) is 0 Å². The lowest BCUT2D eigenvalue weighted by Gasteiger charge is -2.25. The van der Waals surface area contributed by atoms with E-state index in [0.717, 1.165) is 35.2 Å². The number of rotatable bonds is 5. The summed E-state index contributed by atoms with van der Waals surface area (Å²) in [5.41, 5.74) is 0.783. The summed E-state index contributed by atoms with van der Waals surface area (Å²) in [7, 11) is 1.65. The molecule has 0 radical (unpaired) electrons. The molecule has 3 rings (SSSR count). The van der Waals surface area contributed by atoms with Gasteiger partial charge < -0.3 is 9.64 Å². The van der Waals surface area contributed by atoms with Crippen molar-refractivity contribution < 1.29 is 4.74 Å². The Morgan fingerprint density at radius 3 is 2.84 bits per heavy atom. The van der Waals surface area contributed by atoms with Crippen LogP contribution in [0.25, 0.3) is 0 Å². The van der Waals surface area contributed by atoms with Crippen molar-refractivity contribution in [3.05, 3.63) is 33.2 Å². The van der Waals surface area contributed by atoms with Crippen molar-refractivity contribution in [1.29, 1.82) is 0 Å². The summed E-state index contributed by atoms with van der Waals surface area (Å²) < 4.78 is 6.72. The van der Waals surface area contributed by atoms with Gasteiger partial charge in [-0.1, -0.05) is 32.1 Å². The highest BCUT2D eigenvalue weighted by Crippen LogP contribution is 2.29. The number of hydrogen-bond acceptors (Lipinski definition) is 7. The Labute approximate surface area is 151 Å². The smallest absolute Gasteiger partial charge is 0.266 e. The SMILES string of the molecule is COCc1nnc(N2CCCC2Cn2nc(C(C)(C)C)ccc2=O)s1. The molecule has 1 unspecified atom stereocenters. The molecule has 7 nitrogen and oxygen atoms in total. The van der Waals surface area contributed by atoms with Gasteiger partial charge in [0.25, 0.3) is 5.56 Å². The van der Waals surface area contributed by atoms with Gasteiger partial charge in [0, 0.05) is 25.1 Å². The number of aromatic nitrogens is 4. The molecule has 0 bridgehead atoms. The molecule has 3 heterocycles. The van der Waals surface area contributed by atoms with Gasteiger partial charge in [0.2, 0.25) is 5.13 Å². The highest BCUT2D eigenvalue weighted by atomic mass is 32.1. The third kappa shape index (κ3) is 4.07. The fourth-order valence-electron chi connectivity index (χ4n) is 3.00. The first kappa shape index (κ1) is 18.0. The van der Waals surface area contributed by atoms with E-state index in [4.69, 9.17) is 4.74 Å². The average molecular weight is 363 g/mol. The van der Waals surface area contributed by atoms with Crippen LogP contribution in [0.3, 0.4) is 0 Å². The molecular formula is C17H25N5O2S. The summed E-state index contributed by atoms with van der Waals surface area (Å²) in [6, 6.07) is 3.66. The Morgan fingerprint density at radius 1 is 1.32 bits per heavy atom. The van der Waals surface area contributed by atoms with Crippen LogP contribution in [0, 0.1) is 0 Å². The maximum atomic E-state index is 12.3. The summed E-state index contributed by atoms with van der Waals surface area (Å²) in [5, 5.41) is 14.8. The highest BCUT2D eigenvalue weighted by Gasteiger charge is 2.28. The van der Waals surface area contributed by atoms with Crippen LogP contribution in [0.1, 0.15) is 44.3 Å². The summed E-state index contributed by atoms with van der Waals surface area (Å²) in [5.74, 6) is 0. The van der Waals surface area contributed by atoms with Crippen LogP contribution in [0.5, 0.6) is 0 Å². The van der Waals surface area contributed by atoms with Crippen LogP contribution in [0.15, 0.2) is 16.9 Å². The van der Waals surface area contributed by atoms with Gasteiger partial charge in [-0.25, -0.2) is 4.68 Å². The van der Waals surface area contributed by atoms with Crippen molar-refractivity contribution in [1.82, 2.24) is 20.0 Å². The van der Waals surface area contributed by atoms with E-state index in [2.05, 4.69) is 41.0 Å². The molecular weight excluding hydrogens is 338 g/mol. The van der Waals surface area contributed by atoms with Crippen molar-refractivity contribution >= 4 is 16.5 Å². The van der Waals surface area contributed by atoms with E-state index >= 15 is 0 Å². The third-order valence-electron chi connectivity index (χ3n) is 4.37. The predicted octanol–water partition coefficient (Wildman–Crippen LogP) is 2.21. The number of hydrogen-bond donors (Lipinski definition) is 0. The zero-order chi connectivity index (χ0) is 18.0. The normalized spacial score (nSPS) is 18.1. The van der Waals surface area contributed by atoms with Gasteiger partial charge in [-0.2, -0.15) is 5.10 Å². The zero-order valence-electron chi connectivity index (χ0n) is 15.2. The zero-order valence-corrected chi connectivity index (χ0v) is 16.0. The largest absolute Gasteiger partial charge is 0.377 e. The van der Waals surface area contributed by atoms with Gasteiger partial charge in [0.15, 0.2) is 0 Å². The summed E-state index contributed by atoms with van der Waals surface area (Å²) in [4.78, 5) is 14.5. The Balaban J connectivity index is 1.80. The Bertz CT molecular complexity index is 780. The molecule has 8 heteroatoms. The third-order valence-corrected chi connectivity index (χ3v) is 5.30. The molecule has 0 aliphatic carbocycles. The second-order valence-electron chi connectivity index (χ2n) is 7.39. The lowest BCUT2D eigenvalue weighted by atomic mass is 9.92. The van der Waals surface area contributed by atoms with Crippen LogP contribution in [0.4, 0.5) is 5.13 Å². The van der Waals surface area contributed by atoms with Gasteiger partial charge in [-0.3, -0.25) is 4.79 Å². The Hall–Kier alpha value is -1.80. The van der Waals surface area contributed by atoms with Crippen LogP contribution in [-0.2, 0) is 23.3 Å². The Kier molecular flexibility index (Phi) is 5.19. The minimum atomic E-state index is -0.0842. The number of anilines is 1. The lowest BCUT2D eigenvalue weighted by molar-refractivity contribution is 0.184. The van der Waals surface area contributed by atoms with E-state index in [-0.39, 0.29) is 17.0 Å². The van der Waals surface area contributed by atoms with E-state index in [1.54, 1.807) is 29.2 Å². The molecule has 0 amide bonds. The second-order valence-corrected chi connectivity index (χ2v) is 8.43. The fourth-order valence-corrected chi connectivity index (χ4v) is 3.91. The Morgan fingerprint density at radius 2 is 2.12 bits per heavy atom. The van der Waals surface area contributed by atoms with Gasteiger partial charge >= 0.3 is 0 Å². The quantitative estimate of drug-likeness (QED) is 0.811. The number of nitrogens with zero attached hydrogens (tertiary/aromatic N) is 5. The van der Waals surface area contributed by atoms with Crippen LogP contribution in [-0.4, -0.2) is 39.7 Å². The van der Waals surface area contributed by atoms with E-state index < -0.39 is 0 Å². The topological polar surface area (TPSA) is 73.1 Å². The maximum Gasteiger partial charge on any atom is 0.266 e. The summed E-state index contributed by atoms with van der Waals surface area (Å²) in [6.07, 6.45) is 2.10. The first-order chi connectivity index (χ1) is 11.9. The second kappa shape index (κ2) is 7.21. The van der Waals surface area contributed by atoms with E-state index in [9.17, 15) is 4.79 Å². The predicted molar refractivity (Wildman–Crippen MR) is 98.2 cm³/mol. The van der Waals surface area contributed by atoms with Gasteiger partial charge in [0.05, 0.1) is 18.3 Å². The molecule has 0 N–H and O–H groups in total. The molecule has 2 aromatic heterocycles. The van der Waals surface area contributed by atoms with E-state index in [1.165, 1.54) is 0 Å². The van der Waals surface area contributed by atoms with E-state index in [1.807, 2.05) is 6.07 Å². The lowest BCUT2D eigenvalue weighted by Crippen LogP contribution is -2.37. The summed E-state index contributed by atoms with van der Waals surface area (Å²) in [6.45, 7) is 8.28. The molecule has 1 atom stereocenters. The minimum Gasteiger partial charge on any atom is -0.377 e. The van der Waals surface area contributed by atoms with Crippen molar-refractivity contribution in [3.63, 3.8) is 0 Å². The molecule has 1 saturated heterocycles. The first-order valence-corrected chi connectivity index (χ1v) is 9.37. The summed E-state index contributed by atoms with van der Waals surface area (Å²) >= 11 is 1.55. The molecule has 0 saturated carbocycles. The standard InChI is InChI=1S/C17H25N5O2S/c1-17(2,3)13-7-8-15(23)22(20-13)10-12-6-5-9-21(12)16-19-18-14(25-16)11-24-4/h7-8,12H,5-6,9-11H2,1-4H3. The first-order valence-electron chi connectivity index (χ1n) is 8.55. The molecule has 25 heavy (non-hydrogen) atoms. The van der Waals surface area contributed by atoms with Crippen LogP contribution >= 0.6 is 11.3 Å². The van der Waals surface area contributed by atoms with E-state index in [0.29, 0.717) is 13.2 Å². The highest BCUT2D eigenvalue weighted by molar-refractivity contribution is 7.15. The minimum absolute atomic E-state index is 0.0582. The van der Waals surface area contributed by atoms with Gasteiger partial charge in [-0.15, -0.1) is 10.2 Å². The number of ether oxygens (including phenoxy) is 1. The van der Waals surface area contributed by atoms with Gasteiger partial charge in [-0.05, 0) is 18.9 Å². The average Bonchev–Trinajstić information content (AvgIpc) is 3.17. The molecule has 1 fully saturated rings. The monoisotopic (exact) mass is 363 g/mol. The molecule has 0 spiro atoms. The molecule has 136 valence electrons. The molecule has 0 aromatic carbocycles. The van der Waals surface area contributed by atoms with Crippen molar-refractivity contribution in [2.45, 2.75) is 58.2 Å². The molecule has 1 aliphatic rings. The van der Waals surface area contributed by atoms with Crippen molar-refractivity contribution in [3.8, 4) is 0 Å².